The molecule has 2 N–H and O–H groups in total. The predicted octanol–water partition coefficient (Wildman–Crippen LogP) is 4.67. The minimum atomic E-state index is -0.992. The van der Waals surface area contributed by atoms with Crippen molar-refractivity contribution in [3.8, 4) is 5.75 Å². The van der Waals surface area contributed by atoms with E-state index in [1.165, 1.54) is 24.3 Å². The third-order valence-electron chi connectivity index (χ3n) is 5.74. The molecule has 42 heavy (non-hydrogen) atoms. The standard InChI is InChI=1S/C29H21N5O8/c35-26(17-19-5-2-1-3-6-19)31-23-13-9-20(10-14-23)28(36)32-30-18-22-7-4-8-25(34(40)41)27(22)42-29(37)21-11-15-24(16-12-21)33(38)39/h1-16,18H,17H2,(H,31,35)(H,32,36)/b30-18+. The van der Waals surface area contributed by atoms with Crippen molar-refractivity contribution in [2.24, 2.45) is 5.10 Å². The van der Waals surface area contributed by atoms with Gasteiger partial charge in [-0.25, -0.2) is 10.2 Å². The molecule has 0 aliphatic rings. The number of hydrogen-bond acceptors (Lipinski definition) is 9. The molecule has 0 saturated heterocycles. The van der Waals surface area contributed by atoms with Crippen molar-refractivity contribution in [3.05, 3.63) is 140 Å². The highest BCUT2D eigenvalue weighted by molar-refractivity contribution is 5.97. The number of carbonyl (C=O) groups is 3. The number of rotatable bonds is 10. The summed E-state index contributed by atoms with van der Waals surface area (Å²) in [5.41, 5.74) is 3.01. The van der Waals surface area contributed by atoms with E-state index in [9.17, 15) is 34.6 Å². The Balaban J connectivity index is 1.42. The van der Waals surface area contributed by atoms with Gasteiger partial charge in [0.15, 0.2) is 0 Å². The van der Waals surface area contributed by atoms with Crippen LogP contribution in [0.3, 0.4) is 0 Å². The van der Waals surface area contributed by atoms with E-state index in [1.54, 1.807) is 12.1 Å². The second-order valence-corrected chi connectivity index (χ2v) is 8.63. The van der Waals surface area contributed by atoms with Crippen LogP contribution in [0.5, 0.6) is 5.75 Å². The highest BCUT2D eigenvalue weighted by atomic mass is 16.6. The summed E-state index contributed by atoms with van der Waals surface area (Å²) in [6.45, 7) is 0. The van der Waals surface area contributed by atoms with Crippen LogP contribution in [0.15, 0.2) is 102 Å². The molecule has 4 rings (SSSR count). The molecule has 4 aromatic rings. The monoisotopic (exact) mass is 567 g/mol. The molecule has 0 aliphatic heterocycles. The third kappa shape index (κ3) is 7.45. The number of carbonyl (C=O) groups excluding carboxylic acids is 3. The summed E-state index contributed by atoms with van der Waals surface area (Å²) in [7, 11) is 0. The Kier molecular flexibility index (Phi) is 9.05. The lowest BCUT2D eigenvalue weighted by molar-refractivity contribution is -0.385. The Bertz CT molecular complexity index is 1670. The first-order chi connectivity index (χ1) is 20.2. The average molecular weight is 568 g/mol. The van der Waals surface area contributed by atoms with Crippen molar-refractivity contribution in [1.82, 2.24) is 5.43 Å². The summed E-state index contributed by atoms with van der Waals surface area (Å²) in [4.78, 5) is 58.4. The van der Waals surface area contributed by atoms with Gasteiger partial charge in [0.2, 0.25) is 11.7 Å². The molecule has 0 bridgehead atoms. The van der Waals surface area contributed by atoms with Gasteiger partial charge in [-0.2, -0.15) is 5.10 Å². The highest BCUT2D eigenvalue weighted by Crippen LogP contribution is 2.31. The van der Waals surface area contributed by atoms with Crippen molar-refractivity contribution >= 4 is 41.1 Å². The van der Waals surface area contributed by atoms with E-state index < -0.39 is 33.2 Å². The van der Waals surface area contributed by atoms with Crippen LogP contribution in [-0.2, 0) is 11.2 Å². The van der Waals surface area contributed by atoms with Gasteiger partial charge >= 0.3 is 11.7 Å². The van der Waals surface area contributed by atoms with Gasteiger partial charge in [0, 0.05) is 35.0 Å². The maximum Gasteiger partial charge on any atom is 0.343 e. The zero-order valence-electron chi connectivity index (χ0n) is 21.6. The number of non-ortho nitro benzene ring substituents is 1. The van der Waals surface area contributed by atoms with Crippen LogP contribution in [0.4, 0.5) is 17.1 Å². The van der Waals surface area contributed by atoms with Crippen LogP contribution in [-0.4, -0.2) is 33.8 Å². The Labute approximate surface area is 237 Å². The number of nitrogens with zero attached hydrogens (tertiary/aromatic N) is 3. The van der Waals surface area contributed by atoms with Gasteiger partial charge in [-0.15, -0.1) is 0 Å². The summed E-state index contributed by atoms with van der Waals surface area (Å²) in [5.74, 6) is -2.25. The molecule has 0 fully saturated rings. The van der Waals surface area contributed by atoms with E-state index in [4.69, 9.17) is 4.74 Å². The molecule has 0 spiro atoms. The van der Waals surface area contributed by atoms with Crippen LogP contribution >= 0.6 is 0 Å². The zero-order valence-corrected chi connectivity index (χ0v) is 21.6. The van der Waals surface area contributed by atoms with Gasteiger partial charge < -0.3 is 10.1 Å². The van der Waals surface area contributed by atoms with Gasteiger partial charge in [-0.05, 0) is 48.0 Å². The van der Waals surface area contributed by atoms with E-state index in [1.807, 2.05) is 30.3 Å². The van der Waals surface area contributed by atoms with Crippen molar-refractivity contribution in [2.75, 3.05) is 5.32 Å². The largest absolute Gasteiger partial charge is 0.415 e. The van der Waals surface area contributed by atoms with Gasteiger partial charge in [-0.1, -0.05) is 36.4 Å². The van der Waals surface area contributed by atoms with E-state index >= 15 is 0 Å². The Morgan fingerprint density at radius 2 is 1.45 bits per heavy atom. The summed E-state index contributed by atoms with van der Waals surface area (Å²) in [6, 6.07) is 23.6. The Hall–Kier alpha value is -6.24. The fraction of sp³-hybridized carbons (Fsp3) is 0.0345. The molecule has 0 unspecified atom stereocenters. The first kappa shape index (κ1) is 28.8. The molecule has 0 heterocycles. The number of nitro benzene ring substituents is 2. The zero-order chi connectivity index (χ0) is 30.1. The van der Waals surface area contributed by atoms with E-state index in [2.05, 4.69) is 15.8 Å². The van der Waals surface area contributed by atoms with Crippen LogP contribution in [0.2, 0.25) is 0 Å². The topological polar surface area (TPSA) is 183 Å². The van der Waals surface area contributed by atoms with Crippen LogP contribution < -0.4 is 15.5 Å². The molecule has 4 aromatic carbocycles. The van der Waals surface area contributed by atoms with Crippen molar-refractivity contribution < 1.29 is 29.0 Å². The van der Waals surface area contributed by atoms with E-state index in [0.717, 1.165) is 42.1 Å². The van der Waals surface area contributed by atoms with Gasteiger partial charge in [-0.3, -0.25) is 29.8 Å². The summed E-state index contributed by atoms with van der Waals surface area (Å²) >= 11 is 0. The molecule has 13 nitrogen and oxygen atoms in total. The second-order valence-electron chi connectivity index (χ2n) is 8.63. The van der Waals surface area contributed by atoms with Gasteiger partial charge in [0.1, 0.15) is 0 Å². The number of para-hydroxylation sites is 1. The number of amides is 2. The fourth-order valence-corrected chi connectivity index (χ4v) is 3.69. The lowest BCUT2D eigenvalue weighted by atomic mass is 10.1. The first-order valence-electron chi connectivity index (χ1n) is 12.2. The number of esters is 1. The minimum absolute atomic E-state index is 0.0104. The fourth-order valence-electron chi connectivity index (χ4n) is 3.69. The molecule has 0 atom stereocenters. The van der Waals surface area contributed by atoms with Crippen LogP contribution in [0, 0.1) is 20.2 Å². The molecule has 210 valence electrons. The summed E-state index contributed by atoms with van der Waals surface area (Å²) < 4.78 is 5.26. The minimum Gasteiger partial charge on any atom is -0.415 e. The first-order valence-corrected chi connectivity index (χ1v) is 12.2. The predicted molar refractivity (Wildman–Crippen MR) is 151 cm³/mol. The molecular formula is C29H21N5O8. The molecule has 2 amide bonds. The average Bonchev–Trinajstić information content (AvgIpc) is 2.98. The van der Waals surface area contributed by atoms with Crippen molar-refractivity contribution in [2.45, 2.75) is 6.42 Å². The van der Waals surface area contributed by atoms with Gasteiger partial charge in [0.05, 0.1) is 28.0 Å². The lowest BCUT2D eigenvalue weighted by Gasteiger charge is -2.08. The number of hydrazone groups is 1. The maximum absolute atomic E-state index is 12.6. The summed E-state index contributed by atoms with van der Waals surface area (Å²) in [6.07, 6.45) is 1.27. The number of nitro groups is 2. The van der Waals surface area contributed by atoms with Gasteiger partial charge in [0.25, 0.3) is 11.6 Å². The Morgan fingerprint density at radius 1 is 0.786 bits per heavy atom. The molecule has 0 radical (unpaired) electrons. The normalized spacial score (nSPS) is 10.6. The molecule has 0 aromatic heterocycles. The highest BCUT2D eigenvalue weighted by Gasteiger charge is 2.22. The van der Waals surface area contributed by atoms with Crippen LogP contribution in [0.25, 0.3) is 0 Å². The number of hydrogen-bond donors (Lipinski definition) is 2. The number of anilines is 1. The number of benzene rings is 4. The molecule has 0 saturated carbocycles. The van der Waals surface area contributed by atoms with E-state index in [-0.39, 0.29) is 34.7 Å². The quantitative estimate of drug-likeness (QED) is 0.0911. The molecular weight excluding hydrogens is 546 g/mol. The Morgan fingerprint density at radius 3 is 2.10 bits per heavy atom. The summed E-state index contributed by atoms with van der Waals surface area (Å²) in [5, 5.41) is 29.0. The van der Waals surface area contributed by atoms with Crippen molar-refractivity contribution in [1.29, 1.82) is 0 Å². The second kappa shape index (κ2) is 13.2. The SMILES string of the molecule is O=C(Cc1ccccc1)Nc1ccc(C(=O)N/N=C/c2cccc([N+](=O)[O-])c2OC(=O)c2ccc([N+](=O)[O-])cc2)cc1. The number of nitrogens with one attached hydrogen (secondary N) is 2. The lowest BCUT2D eigenvalue weighted by Crippen LogP contribution is -2.18. The van der Waals surface area contributed by atoms with E-state index in [0.29, 0.717) is 5.69 Å². The third-order valence-corrected chi connectivity index (χ3v) is 5.74. The molecule has 13 heteroatoms. The van der Waals surface area contributed by atoms with Crippen molar-refractivity contribution in [3.63, 3.8) is 0 Å². The molecule has 0 aliphatic carbocycles. The van der Waals surface area contributed by atoms with Crippen LogP contribution in [0.1, 0.15) is 31.8 Å². The smallest absolute Gasteiger partial charge is 0.343 e. The maximum atomic E-state index is 12.6. The number of ether oxygens (including phenoxy) is 1.